The molecule has 1 fully saturated rings. The molecule has 4 heterocycles. The van der Waals surface area contributed by atoms with E-state index in [9.17, 15) is 14.4 Å². The number of aromatic nitrogens is 1. The van der Waals surface area contributed by atoms with Crippen LogP contribution in [0.5, 0.6) is 5.75 Å². The summed E-state index contributed by atoms with van der Waals surface area (Å²) in [5.74, 6) is 0.377. The second kappa shape index (κ2) is 10.1. The highest BCUT2D eigenvalue weighted by atomic mass is 32.2. The molecule has 10 heteroatoms. The molecule has 3 aliphatic rings. The third-order valence-electron chi connectivity index (χ3n) is 6.81. The molecule has 2 N–H and O–H groups in total. The van der Waals surface area contributed by atoms with Crippen LogP contribution in [-0.4, -0.2) is 58.2 Å². The number of hydrogen-bond donors (Lipinski definition) is 2. The Morgan fingerprint density at radius 3 is 2.86 bits per heavy atom. The number of carbonyl (C=O) groups is 3. The van der Waals surface area contributed by atoms with Gasteiger partial charge in [-0.3, -0.25) is 14.5 Å². The van der Waals surface area contributed by atoms with Gasteiger partial charge in [0.25, 0.3) is 0 Å². The number of piperidine rings is 1. The lowest BCUT2D eigenvalue weighted by atomic mass is 9.98. The van der Waals surface area contributed by atoms with Crippen molar-refractivity contribution in [3.05, 3.63) is 54.2 Å². The minimum atomic E-state index is -0.558. The monoisotopic (exact) mass is 521 g/mol. The Morgan fingerprint density at radius 1 is 1.30 bits per heavy atom. The number of benzene rings is 1. The number of urea groups is 1. The van der Waals surface area contributed by atoms with Gasteiger partial charge in [0, 0.05) is 37.0 Å². The zero-order chi connectivity index (χ0) is 26.3. The van der Waals surface area contributed by atoms with Gasteiger partial charge in [-0.05, 0) is 57.4 Å². The van der Waals surface area contributed by atoms with Crippen LogP contribution in [0.4, 0.5) is 16.2 Å². The number of anilines is 2. The third-order valence-corrected chi connectivity index (χ3v) is 8.10. The van der Waals surface area contributed by atoms with E-state index in [0.29, 0.717) is 24.5 Å². The summed E-state index contributed by atoms with van der Waals surface area (Å²) in [6, 6.07) is 6.56. The van der Waals surface area contributed by atoms with Crippen molar-refractivity contribution in [2.45, 2.75) is 62.1 Å². The van der Waals surface area contributed by atoms with Gasteiger partial charge in [0.1, 0.15) is 16.0 Å². The molecular formula is C27H31N5O4S. The maximum Gasteiger partial charge on any atom is 0.327 e. The molecule has 4 amide bonds. The van der Waals surface area contributed by atoms with E-state index in [4.69, 9.17) is 4.74 Å². The standard InChI is InChI=1S/C27H31N5O4S/c1-5-21(33)31-12-6-7-17(14-31)29-25(34)24-23-22-19(10-11-28-26(22)37-24)32(27(35)30-23)20-13-18(36-15(2)3)9-8-16(20)4/h5,8-11,13,15,17,23-24H,1,6-7,12,14H2,2-4H3,(H,29,34)(H,30,35)/t17?,23?,24-/m1/s1. The Morgan fingerprint density at radius 2 is 2.11 bits per heavy atom. The zero-order valence-corrected chi connectivity index (χ0v) is 22.0. The van der Waals surface area contributed by atoms with Crippen molar-refractivity contribution in [3.63, 3.8) is 0 Å². The van der Waals surface area contributed by atoms with Gasteiger partial charge in [0.2, 0.25) is 11.8 Å². The van der Waals surface area contributed by atoms with Gasteiger partial charge >= 0.3 is 6.03 Å². The highest BCUT2D eigenvalue weighted by Crippen LogP contribution is 2.51. The summed E-state index contributed by atoms with van der Waals surface area (Å²) in [6.07, 6.45) is 4.58. The van der Waals surface area contributed by atoms with Crippen LogP contribution < -0.4 is 20.3 Å². The largest absolute Gasteiger partial charge is 0.491 e. The van der Waals surface area contributed by atoms with E-state index < -0.39 is 11.3 Å². The third kappa shape index (κ3) is 4.77. The van der Waals surface area contributed by atoms with Gasteiger partial charge in [0.05, 0.1) is 23.5 Å². The fourth-order valence-electron chi connectivity index (χ4n) is 5.15. The van der Waals surface area contributed by atoms with Crippen LogP contribution in [0.2, 0.25) is 0 Å². The fourth-order valence-corrected chi connectivity index (χ4v) is 6.38. The molecule has 9 nitrogen and oxygen atoms in total. The molecule has 1 aromatic heterocycles. The normalized spacial score (nSPS) is 22.4. The lowest BCUT2D eigenvalue weighted by Crippen LogP contribution is -2.53. The highest BCUT2D eigenvalue weighted by molar-refractivity contribution is 8.01. The first-order valence-corrected chi connectivity index (χ1v) is 13.4. The number of nitrogens with one attached hydrogen (secondary N) is 2. The first-order chi connectivity index (χ1) is 17.8. The maximum atomic E-state index is 13.5. The number of aryl methyl sites for hydroxylation is 1. The summed E-state index contributed by atoms with van der Waals surface area (Å²) in [4.78, 5) is 46.9. The molecule has 0 radical (unpaired) electrons. The number of hydrogen-bond acceptors (Lipinski definition) is 6. The van der Waals surface area contributed by atoms with Crippen molar-refractivity contribution >= 4 is 41.0 Å². The second-order valence-electron chi connectivity index (χ2n) is 9.80. The van der Waals surface area contributed by atoms with E-state index in [-0.39, 0.29) is 30.0 Å². The molecule has 2 aromatic rings. The summed E-state index contributed by atoms with van der Waals surface area (Å²) in [6.45, 7) is 10.5. The number of amides is 4. The van der Waals surface area contributed by atoms with Gasteiger partial charge < -0.3 is 20.3 Å². The molecule has 0 aliphatic carbocycles. The van der Waals surface area contributed by atoms with Crippen LogP contribution in [-0.2, 0) is 9.59 Å². The van der Waals surface area contributed by atoms with Crippen LogP contribution in [0.25, 0.3) is 0 Å². The molecule has 0 spiro atoms. The average Bonchev–Trinajstić information content (AvgIpc) is 3.24. The quantitative estimate of drug-likeness (QED) is 0.560. The van der Waals surface area contributed by atoms with E-state index >= 15 is 0 Å². The molecule has 37 heavy (non-hydrogen) atoms. The lowest BCUT2D eigenvalue weighted by Gasteiger charge is -2.36. The molecule has 0 bridgehead atoms. The first-order valence-electron chi connectivity index (χ1n) is 12.5. The lowest BCUT2D eigenvalue weighted by molar-refractivity contribution is -0.129. The molecule has 2 unspecified atom stereocenters. The topological polar surface area (TPSA) is 104 Å². The average molecular weight is 522 g/mol. The number of ether oxygens (including phenoxy) is 1. The molecule has 1 aromatic carbocycles. The fraction of sp³-hybridized carbons (Fsp3) is 0.407. The van der Waals surface area contributed by atoms with Crippen LogP contribution in [0.3, 0.4) is 0 Å². The molecular weight excluding hydrogens is 490 g/mol. The van der Waals surface area contributed by atoms with E-state index in [2.05, 4.69) is 22.2 Å². The van der Waals surface area contributed by atoms with Gasteiger partial charge in [-0.25, -0.2) is 9.78 Å². The molecule has 3 atom stereocenters. The van der Waals surface area contributed by atoms with Crippen molar-refractivity contribution in [1.82, 2.24) is 20.5 Å². The van der Waals surface area contributed by atoms with Crippen molar-refractivity contribution < 1.29 is 19.1 Å². The maximum absolute atomic E-state index is 13.5. The Hall–Kier alpha value is -3.53. The first kappa shape index (κ1) is 25.1. The summed E-state index contributed by atoms with van der Waals surface area (Å²) in [5.41, 5.74) is 3.20. The number of carbonyl (C=O) groups excluding carboxylic acids is 3. The van der Waals surface area contributed by atoms with Crippen molar-refractivity contribution in [2.24, 2.45) is 0 Å². The van der Waals surface area contributed by atoms with E-state index in [1.54, 1.807) is 16.0 Å². The smallest absolute Gasteiger partial charge is 0.327 e. The number of nitrogens with zero attached hydrogens (tertiary/aromatic N) is 3. The van der Waals surface area contributed by atoms with Crippen molar-refractivity contribution in [3.8, 4) is 5.75 Å². The summed E-state index contributed by atoms with van der Waals surface area (Å²) in [7, 11) is 0. The van der Waals surface area contributed by atoms with E-state index in [0.717, 1.165) is 34.7 Å². The molecule has 3 aliphatic heterocycles. The van der Waals surface area contributed by atoms with Gasteiger partial charge in [-0.1, -0.05) is 24.4 Å². The highest BCUT2D eigenvalue weighted by Gasteiger charge is 2.47. The zero-order valence-electron chi connectivity index (χ0n) is 21.2. The SMILES string of the molecule is C=CC(=O)N1CCCC(NC(=O)[C@@H]2Sc3nccc4c3C2NC(=O)N4c2cc(OC(C)C)ccc2C)C1. The Kier molecular flexibility index (Phi) is 6.85. The summed E-state index contributed by atoms with van der Waals surface area (Å²) < 4.78 is 5.87. The number of rotatable bonds is 6. The van der Waals surface area contributed by atoms with Crippen LogP contribution in [0.1, 0.15) is 43.9 Å². The number of pyridine rings is 1. The predicted molar refractivity (Wildman–Crippen MR) is 142 cm³/mol. The van der Waals surface area contributed by atoms with Crippen molar-refractivity contribution in [2.75, 3.05) is 18.0 Å². The molecule has 194 valence electrons. The summed E-state index contributed by atoms with van der Waals surface area (Å²) >= 11 is 1.36. The Bertz CT molecular complexity index is 1270. The second-order valence-corrected chi connectivity index (χ2v) is 10.9. The minimum absolute atomic E-state index is 0.00194. The number of likely N-dealkylation sites (tertiary alicyclic amines) is 1. The summed E-state index contributed by atoms with van der Waals surface area (Å²) in [5, 5.41) is 6.34. The van der Waals surface area contributed by atoms with Crippen LogP contribution in [0, 0.1) is 6.92 Å². The Balaban J connectivity index is 1.40. The van der Waals surface area contributed by atoms with Crippen molar-refractivity contribution in [1.29, 1.82) is 0 Å². The van der Waals surface area contributed by atoms with Gasteiger partial charge in [-0.2, -0.15) is 0 Å². The minimum Gasteiger partial charge on any atom is -0.491 e. The van der Waals surface area contributed by atoms with E-state index in [1.807, 2.05) is 45.0 Å². The van der Waals surface area contributed by atoms with E-state index in [1.165, 1.54) is 17.8 Å². The Labute approximate surface area is 220 Å². The molecule has 1 saturated heterocycles. The van der Waals surface area contributed by atoms with Gasteiger partial charge in [0.15, 0.2) is 0 Å². The number of thioether (sulfide) groups is 1. The predicted octanol–water partition coefficient (Wildman–Crippen LogP) is 3.85. The van der Waals surface area contributed by atoms with Crippen LogP contribution in [0.15, 0.2) is 48.1 Å². The van der Waals surface area contributed by atoms with Gasteiger partial charge in [-0.15, -0.1) is 0 Å². The molecule has 0 saturated carbocycles. The van der Waals surface area contributed by atoms with Crippen LogP contribution >= 0.6 is 11.8 Å². The molecule has 5 rings (SSSR count).